The summed E-state index contributed by atoms with van der Waals surface area (Å²) in [5, 5.41) is 0. The molecule has 2 aliphatic carbocycles. The largest absolute Gasteiger partial charge is 0.0776 e. The molecular weight excluding hydrogens is 180 g/mol. The second kappa shape index (κ2) is 4.00. The maximum atomic E-state index is 2.53. The molecule has 0 N–H and O–H groups in total. The average molecular weight is 202 g/mol. The summed E-state index contributed by atoms with van der Waals surface area (Å²) in [4.78, 5) is 0. The Morgan fingerprint density at radius 2 is 1.93 bits per heavy atom. The van der Waals surface area contributed by atoms with E-state index in [-0.39, 0.29) is 0 Å². The summed E-state index contributed by atoms with van der Waals surface area (Å²) in [6.45, 7) is 6.97. The molecule has 0 aromatic rings. The fourth-order valence-corrected chi connectivity index (χ4v) is 2.55. The van der Waals surface area contributed by atoms with Gasteiger partial charge in [-0.25, -0.2) is 0 Å². The highest BCUT2D eigenvalue weighted by Gasteiger charge is 2.29. The molecule has 0 radical (unpaired) electrons. The lowest BCUT2D eigenvalue weighted by Gasteiger charge is -2.34. The molecule has 0 heterocycles. The molecule has 2 rings (SSSR count). The van der Waals surface area contributed by atoms with E-state index in [2.05, 4.69) is 45.1 Å². The molecular formula is C15H22. The number of allylic oxidation sites excluding steroid dienone is 6. The van der Waals surface area contributed by atoms with Gasteiger partial charge in [0, 0.05) is 5.92 Å². The summed E-state index contributed by atoms with van der Waals surface area (Å²) >= 11 is 0. The number of rotatable bonds is 1. The summed E-state index contributed by atoms with van der Waals surface area (Å²) in [5.41, 5.74) is 3.50. The molecule has 0 amide bonds. The second-order valence-electron chi connectivity index (χ2n) is 5.51. The predicted molar refractivity (Wildman–Crippen MR) is 66.7 cm³/mol. The minimum Gasteiger partial charge on any atom is -0.0776 e. The van der Waals surface area contributed by atoms with E-state index in [1.165, 1.54) is 31.3 Å². The summed E-state index contributed by atoms with van der Waals surface area (Å²) in [5.74, 6) is 0.607. The number of hydrogen-bond acceptors (Lipinski definition) is 0. The summed E-state index contributed by atoms with van der Waals surface area (Å²) in [6.07, 6.45) is 14.8. The molecule has 0 bridgehead atoms. The first-order valence-electron chi connectivity index (χ1n) is 6.16. The van der Waals surface area contributed by atoms with Gasteiger partial charge in [-0.15, -0.1) is 0 Å². The zero-order valence-corrected chi connectivity index (χ0v) is 10.2. The van der Waals surface area contributed by atoms with Crippen molar-refractivity contribution in [1.29, 1.82) is 0 Å². The highest BCUT2D eigenvalue weighted by atomic mass is 14.3. The summed E-state index contributed by atoms with van der Waals surface area (Å²) < 4.78 is 0. The van der Waals surface area contributed by atoms with Crippen LogP contribution in [0, 0.1) is 11.3 Å². The van der Waals surface area contributed by atoms with Crippen LogP contribution in [0.4, 0.5) is 0 Å². The topological polar surface area (TPSA) is 0 Å². The Balaban J connectivity index is 2.19. The maximum absolute atomic E-state index is 2.53. The van der Waals surface area contributed by atoms with Gasteiger partial charge >= 0.3 is 0 Å². The van der Waals surface area contributed by atoms with Crippen molar-refractivity contribution in [2.75, 3.05) is 0 Å². The van der Waals surface area contributed by atoms with Crippen LogP contribution >= 0.6 is 0 Å². The molecule has 0 nitrogen and oxygen atoms in total. The van der Waals surface area contributed by atoms with E-state index in [0.29, 0.717) is 11.3 Å². The van der Waals surface area contributed by atoms with Crippen LogP contribution in [0.1, 0.15) is 46.5 Å². The van der Waals surface area contributed by atoms with Crippen molar-refractivity contribution in [2.45, 2.75) is 46.5 Å². The fraction of sp³-hybridized carbons (Fsp3) is 0.600. The van der Waals surface area contributed by atoms with Gasteiger partial charge in [-0.3, -0.25) is 0 Å². The van der Waals surface area contributed by atoms with E-state index >= 15 is 0 Å². The van der Waals surface area contributed by atoms with Gasteiger partial charge in [-0.2, -0.15) is 0 Å². The standard InChI is InChI=1S/C15H22/c1-12-7-6-10-14(15(12,2)3)11-13-8-4-5-9-13/h6-7,10-11,14H,4-5,8-9H2,1-3H3. The lowest BCUT2D eigenvalue weighted by atomic mass is 9.70. The van der Waals surface area contributed by atoms with Gasteiger partial charge < -0.3 is 0 Å². The molecule has 1 saturated carbocycles. The second-order valence-corrected chi connectivity index (χ2v) is 5.51. The highest BCUT2D eigenvalue weighted by Crippen LogP contribution is 2.41. The molecule has 0 aromatic heterocycles. The molecule has 15 heavy (non-hydrogen) atoms. The highest BCUT2D eigenvalue weighted by molar-refractivity contribution is 5.30. The van der Waals surface area contributed by atoms with E-state index in [9.17, 15) is 0 Å². The van der Waals surface area contributed by atoms with Crippen LogP contribution in [0.2, 0.25) is 0 Å². The van der Waals surface area contributed by atoms with Crippen LogP contribution in [0.3, 0.4) is 0 Å². The van der Waals surface area contributed by atoms with Crippen molar-refractivity contribution in [1.82, 2.24) is 0 Å². The van der Waals surface area contributed by atoms with Gasteiger partial charge in [0.2, 0.25) is 0 Å². The van der Waals surface area contributed by atoms with Crippen LogP contribution in [0.5, 0.6) is 0 Å². The molecule has 0 aliphatic heterocycles. The summed E-state index contributed by atoms with van der Waals surface area (Å²) in [6, 6.07) is 0. The zero-order chi connectivity index (χ0) is 10.9. The van der Waals surface area contributed by atoms with Crippen LogP contribution in [0.15, 0.2) is 35.5 Å². The molecule has 82 valence electrons. The number of hydrogen-bond donors (Lipinski definition) is 0. The van der Waals surface area contributed by atoms with Gasteiger partial charge in [-0.05, 0) is 38.0 Å². The van der Waals surface area contributed by atoms with Crippen molar-refractivity contribution in [3.05, 3.63) is 35.5 Å². The van der Waals surface area contributed by atoms with Gasteiger partial charge in [0.05, 0.1) is 0 Å². The van der Waals surface area contributed by atoms with Crippen molar-refractivity contribution >= 4 is 0 Å². The van der Waals surface area contributed by atoms with Crippen LogP contribution < -0.4 is 0 Å². The quantitative estimate of drug-likeness (QED) is 0.543. The van der Waals surface area contributed by atoms with Crippen molar-refractivity contribution < 1.29 is 0 Å². The van der Waals surface area contributed by atoms with E-state index in [0.717, 1.165) is 0 Å². The third-order valence-electron chi connectivity index (χ3n) is 4.18. The van der Waals surface area contributed by atoms with Crippen LogP contribution in [-0.4, -0.2) is 0 Å². The van der Waals surface area contributed by atoms with E-state index in [4.69, 9.17) is 0 Å². The molecule has 1 fully saturated rings. The first-order chi connectivity index (χ1) is 7.10. The van der Waals surface area contributed by atoms with Crippen molar-refractivity contribution in [2.24, 2.45) is 11.3 Å². The Hall–Kier alpha value is -0.780. The van der Waals surface area contributed by atoms with Gasteiger partial charge in [0.15, 0.2) is 0 Å². The Kier molecular flexibility index (Phi) is 2.86. The lowest BCUT2D eigenvalue weighted by molar-refractivity contribution is 0.367. The molecule has 1 unspecified atom stereocenters. The van der Waals surface area contributed by atoms with Gasteiger partial charge in [0.25, 0.3) is 0 Å². The molecule has 1 atom stereocenters. The Morgan fingerprint density at radius 1 is 1.27 bits per heavy atom. The van der Waals surface area contributed by atoms with E-state index < -0.39 is 0 Å². The van der Waals surface area contributed by atoms with Crippen molar-refractivity contribution in [3.8, 4) is 0 Å². The average Bonchev–Trinajstić information content (AvgIpc) is 2.66. The predicted octanol–water partition coefficient (Wildman–Crippen LogP) is 4.65. The van der Waals surface area contributed by atoms with Gasteiger partial charge in [-0.1, -0.05) is 49.3 Å². The first kappa shape index (κ1) is 10.7. The molecule has 0 heteroatoms. The Bertz CT molecular complexity index is 318. The minimum absolute atomic E-state index is 0.310. The first-order valence-corrected chi connectivity index (χ1v) is 6.16. The smallest absolute Gasteiger partial charge is 0.00408 e. The third kappa shape index (κ3) is 2.09. The van der Waals surface area contributed by atoms with Crippen LogP contribution in [0.25, 0.3) is 0 Å². The van der Waals surface area contributed by atoms with Crippen LogP contribution in [-0.2, 0) is 0 Å². The van der Waals surface area contributed by atoms with E-state index in [1.807, 2.05) is 0 Å². The normalized spacial score (nSPS) is 29.1. The Labute approximate surface area is 93.8 Å². The van der Waals surface area contributed by atoms with Crippen molar-refractivity contribution in [3.63, 3.8) is 0 Å². The molecule has 2 aliphatic rings. The molecule has 0 aromatic carbocycles. The summed E-state index contributed by atoms with van der Waals surface area (Å²) in [7, 11) is 0. The third-order valence-corrected chi connectivity index (χ3v) is 4.18. The fourth-order valence-electron chi connectivity index (χ4n) is 2.55. The SMILES string of the molecule is CC1=CC=CC(C=C2CCCC2)C1(C)C. The zero-order valence-electron chi connectivity index (χ0n) is 10.2. The Morgan fingerprint density at radius 3 is 2.60 bits per heavy atom. The van der Waals surface area contributed by atoms with Gasteiger partial charge in [0.1, 0.15) is 0 Å². The monoisotopic (exact) mass is 202 g/mol. The lowest BCUT2D eigenvalue weighted by Crippen LogP contribution is -2.24. The molecule has 0 saturated heterocycles. The van der Waals surface area contributed by atoms with E-state index in [1.54, 1.807) is 5.57 Å². The molecule has 0 spiro atoms. The maximum Gasteiger partial charge on any atom is 0.00408 e. The minimum atomic E-state index is 0.310.